The number of isocyanates is 1. The Labute approximate surface area is 81.5 Å². The fraction of sp³-hybridized carbons (Fsp3) is 0.364. The molecule has 0 bridgehead atoms. The molecule has 1 fully saturated rings. The summed E-state index contributed by atoms with van der Waals surface area (Å²) in [5, 5.41) is 0. The molecule has 72 valence electrons. The molecule has 1 aromatic rings. The number of hydrogen-bond acceptors (Lipinski definition) is 2. The van der Waals surface area contributed by atoms with E-state index in [2.05, 4.69) is 4.99 Å². The Balaban J connectivity index is 2.50. The highest BCUT2D eigenvalue weighted by molar-refractivity contribution is 5.44. The minimum atomic E-state index is -0.464. The molecule has 1 aromatic carbocycles. The third kappa shape index (κ3) is 1.36. The highest BCUT2D eigenvalue weighted by atomic mass is 19.1. The maximum atomic E-state index is 13.0. The van der Waals surface area contributed by atoms with Gasteiger partial charge in [0.1, 0.15) is 5.82 Å². The van der Waals surface area contributed by atoms with Crippen molar-refractivity contribution in [3.05, 3.63) is 35.1 Å². The van der Waals surface area contributed by atoms with E-state index in [4.69, 9.17) is 0 Å². The number of hydrogen-bond donors (Lipinski definition) is 0. The topological polar surface area (TPSA) is 29.4 Å². The molecule has 1 saturated carbocycles. The van der Waals surface area contributed by atoms with E-state index < -0.39 is 5.54 Å². The summed E-state index contributed by atoms with van der Waals surface area (Å²) in [6, 6.07) is 4.59. The van der Waals surface area contributed by atoms with Crippen LogP contribution in [0.2, 0.25) is 0 Å². The number of aryl methyl sites for hydroxylation is 1. The summed E-state index contributed by atoms with van der Waals surface area (Å²) in [5.74, 6) is -0.280. The Kier molecular flexibility index (Phi) is 1.97. The van der Waals surface area contributed by atoms with Gasteiger partial charge in [0.25, 0.3) is 0 Å². The summed E-state index contributed by atoms with van der Waals surface area (Å²) in [6.45, 7) is 1.90. The number of aliphatic imine (C=N–C) groups is 1. The van der Waals surface area contributed by atoms with Crippen LogP contribution in [0.1, 0.15) is 24.0 Å². The van der Waals surface area contributed by atoms with E-state index in [0.717, 1.165) is 24.0 Å². The zero-order valence-electron chi connectivity index (χ0n) is 7.88. The molecule has 0 N–H and O–H groups in total. The molecule has 1 aliphatic rings. The van der Waals surface area contributed by atoms with E-state index in [-0.39, 0.29) is 5.82 Å². The molecule has 0 amide bonds. The second-order valence-corrected chi connectivity index (χ2v) is 3.69. The first-order valence-corrected chi connectivity index (χ1v) is 4.54. The molecule has 14 heavy (non-hydrogen) atoms. The maximum Gasteiger partial charge on any atom is 0.235 e. The quantitative estimate of drug-likeness (QED) is 0.521. The largest absolute Gasteiger partial charge is 0.235 e. The number of benzene rings is 1. The summed E-state index contributed by atoms with van der Waals surface area (Å²) >= 11 is 0. The SMILES string of the molecule is Cc1ccc(F)cc1C1(N=C=O)CC1. The number of halogens is 1. The molecule has 0 aliphatic heterocycles. The van der Waals surface area contributed by atoms with Crippen molar-refractivity contribution in [2.24, 2.45) is 4.99 Å². The minimum Gasteiger partial charge on any atom is -0.211 e. The van der Waals surface area contributed by atoms with Crippen molar-refractivity contribution in [3.63, 3.8) is 0 Å². The van der Waals surface area contributed by atoms with Crippen molar-refractivity contribution in [1.82, 2.24) is 0 Å². The van der Waals surface area contributed by atoms with Crippen LogP contribution in [0.4, 0.5) is 4.39 Å². The zero-order chi connectivity index (χ0) is 10.2. The van der Waals surface area contributed by atoms with Crippen LogP contribution in [0, 0.1) is 12.7 Å². The van der Waals surface area contributed by atoms with Crippen LogP contribution < -0.4 is 0 Å². The summed E-state index contributed by atoms with van der Waals surface area (Å²) in [6.07, 6.45) is 3.19. The molecule has 2 nitrogen and oxygen atoms in total. The minimum absolute atomic E-state index is 0.280. The molecule has 0 aromatic heterocycles. The Morgan fingerprint density at radius 2 is 2.21 bits per heavy atom. The molecule has 1 aliphatic carbocycles. The zero-order valence-corrected chi connectivity index (χ0v) is 7.88. The van der Waals surface area contributed by atoms with Gasteiger partial charge in [-0.05, 0) is 43.0 Å². The lowest BCUT2D eigenvalue weighted by Crippen LogP contribution is -2.05. The molecule has 3 heteroatoms. The van der Waals surface area contributed by atoms with Gasteiger partial charge >= 0.3 is 0 Å². The molecule has 0 unspecified atom stereocenters. The molecule has 0 radical (unpaired) electrons. The first-order valence-electron chi connectivity index (χ1n) is 4.54. The third-order valence-electron chi connectivity index (χ3n) is 2.68. The summed E-state index contributed by atoms with van der Waals surface area (Å²) in [4.78, 5) is 14.0. The summed E-state index contributed by atoms with van der Waals surface area (Å²) in [7, 11) is 0. The van der Waals surface area contributed by atoms with Crippen molar-refractivity contribution in [3.8, 4) is 0 Å². The average Bonchev–Trinajstić information content (AvgIpc) is 2.91. The predicted octanol–water partition coefficient (Wildman–Crippen LogP) is 2.46. The van der Waals surface area contributed by atoms with Crippen LogP contribution in [-0.4, -0.2) is 6.08 Å². The first kappa shape index (κ1) is 9.10. The van der Waals surface area contributed by atoms with Gasteiger partial charge in [-0.25, -0.2) is 9.18 Å². The number of rotatable bonds is 2. The molecule has 0 heterocycles. The molecule has 0 saturated heterocycles. The first-order chi connectivity index (χ1) is 6.68. The van der Waals surface area contributed by atoms with E-state index in [1.807, 2.05) is 6.92 Å². The van der Waals surface area contributed by atoms with Gasteiger partial charge in [-0.2, -0.15) is 4.99 Å². The molecule has 0 atom stereocenters. The van der Waals surface area contributed by atoms with Gasteiger partial charge in [-0.1, -0.05) is 6.07 Å². The van der Waals surface area contributed by atoms with Crippen molar-refractivity contribution in [1.29, 1.82) is 0 Å². The van der Waals surface area contributed by atoms with Gasteiger partial charge in [0.2, 0.25) is 6.08 Å². The van der Waals surface area contributed by atoms with Gasteiger partial charge in [-0.15, -0.1) is 0 Å². The molecular formula is C11H10FNO. The number of carbonyl (C=O) groups excluding carboxylic acids is 1. The van der Waals surface area contributed by atoms with Crippen LogP contribution >= 0.6 is 0 Å². The normalized spacial score (nSPS) is 17.3. The van der Waals surface area contributed by atoms with Crippen molar-refractivity contribution in [2.75, 3.05) is 0 Å². The van der Waals surface area contributed by atoms with Crippen LogP contribution in [-0.2, 0) is 10.3 Å². The Bertz CT molecular complexity index is 417. The van der Waals surface area contributed by atoms with Crippen LogP contribution in [0.3, 0.4) is 0 Å². The second kappa shape index (κ2) is 3.03. The van der Waals surface area contributed by atoms with E-state index >= 15 is 0 Å². The Hall–Kier alpha value is -1.47. The molecule has 0 spiro atoms. The molecular weight excluding hydrogens is 181 g/mol. The highest BCUT2D eigenvalue weighted by Gasteiger charge is 2.45. The van der Waals surface area contributed by atoms with Gasteiger partial charge in [0.05, 0.1) is 5.54 Å². The van der Waals surface area contributed by atoms with Crippen LogP contribution in [0.5, 0.6) is 0 Å². The monoisotopic (exact) mass is 191 g/mol. The summed E-state index contributed by atoms with van der Waals surface area (Å²) < 4.78 is 13.0. The van der Waals surface area contributed by atoms with E-state index in [0.29, 0.717) is 0 Å². The Morgan fingerprint density at radius 1 is 1.50 bits per heavy atom. The predicted molar refractivity (Wildman–Crippen MR) is 50.2 cm³/mol. The maximum absolute atomic E-state index is 13.0. The Morgan fingerprint density at radius 3 is 2.79 bits per heavy atom. The standard InChI is InChI=1S/C11H10FNO/c1-8-2-3-9(12)6-10(8)11(4-5-11)13-7-14/h2-3,6H,4-5H2,1H3. The van der Waals surface area contributed by atoms with Gasteiger partial charge in [0, 0.05) is 0 Å². The fourth-order valence-corrected chi connectivity index (χ4v) is 1.74. The van der Waals surface area contributed by atoms with Gasteiger partial charge in [0.15, 0.2) is 0 Å². The smallest absolute Gasteiger partial charge is 0.211 e. The van der Waals surface area contributed by atoms with Crippen LogP contribution in [0.15, 0.2) is 23.2 Å². The van der Waals surface area contributed by atoms with Crippen molar-refractivity contribution >= 4 is 6.08 Å². The van der Waals surface area contributed by atoms with Gasteiger partial charge < -0.3 is 0 Å². The average molecular weight is 191 g/mol. The number of nitrogens with zero attached hydrogens (tertiary/aromatic N) is 1. The lowest BCUT2D eigenvalue weighted by Gasteiger charge is -2.11. The lowest BCUT2D eigenvalue weighted by atomic mass is 10.00. The third-order valence-corrected chi connectivity index (χ3v) is 2.68. The molecule has 2 rings (SSSR count). The van der Waals surface area contributed by atoms with E-state index in [9.17, 15) is 9.18 Å². The van der Waals surface area contributed by atoms with Gasteiger partial charge in [-0.3, -0.25) is 0 Å². The summed E-state index contributed by atoms with van der Waals surface area (Å²) in [5.41, 5.74) is 1.33. The second-order valence-electron chi connectivity index (χ2n) is 3.69. The fourth-order valence-electron chi connectivity index (χ4n) is 1.74. The van der Waals surface area contributed by atoms with E-state index in [1.165, 1.54) is 12.1 Å². The van der Waals surface area contributed by atoms with Crippen LogP contribution in [0.25, 0.3) is 0 Å². The van der Waals surface area contributed by atoms with E-state index in [1.54, 1.807) is 12.1 Å². The lowest BCUT2D eigenvalue weighted by molar-refractivity contribution is 0.555. The van der Waals surface area contributed by atoms with Crippen molar-refractivity contribution < 1.29 is 9.18 Å². The highest BCUT2D eigenvalue weighted by Crippen LogP contribution is 2.50. The van der Waals surface area contributed by atoms with Crippen molar-refractivity contribution in [2.45, 2.75) is 25.3 Å².